The average molecular weight is 373 g/mol. The van der Waals surface area contributed by atoms with Crippen LogP contribution < -0.4 is 15.4 Å². The van der Waals surface area contributed by atoms with Crippen LogP contribution in [0.15, 0.2) is 30.6 Å². The summed E-state index contributed by atoms with van der Waals surface area (Å²) >= 11 is 11.9. The predicted molar refractivity (Wildman–Crippen MR) is 93.1 cm³/mol. The number of nitrogens with one attached hydrogen (secondary N) is 2. The zero-order chi connectivity index (χ0) is 17.4. The van der Waals surface area contributed by atoms with E-state index in [1.807, 2.05) is 0 Å². The lowest BCUT2D eigenvalue weighted by atomic mass is 10.3. The SMILES string of the molecule is COCCn1cc(NC(=O)NCCOc2cccc(Cl)c2Cl)cn1. The van der Waals surface area contributed by atoms with Gasteiger partial charge in [-0.3, -0.25) is 4.68 Å². The molecule has 0 spiro atoms. The maximum Gasteiger partial charge on any atom is 0.319 e. The van der Waals surface area contributed by atoms with E-state index in [9.17, 15) is 4.79 Å². The quantitative estimate of drug-likeness (QED) is 0.698. The lowest BCUT2D eigenvalue weighted by Crippen LogP contribution is -2.32. The maximum absolute atomic E-state index is 11.8. The highest BCUT2D eigenvalue weighted by atomic mass is 35.5. The Morgan fingerprint density at radius 1 is 1.33 bits per heavy atom. The van der Waals surface area contributed by atoms with E-state index in [4.69, 9.17) is 32.7 Å². The third-order valence-electron chi connectivity index (χ3n) is 2.98. The number of nitrogens with zero attached hydrogens (tertiary/aromatic N) is 2. The summed E-state index contributed by atoms with van der Waals surface area (Å²) in [4.78, 5) is 11.8. The van der Waals surface area contributed by atoms with Crippen LogP contribution >= 0.6 is 23.2 Å². The Labute approximate surface area is 149 Å². The summed E-state index contributed by atoms with van der Waals surface area (Å²) in [5.41, 5.74) is 0.599. The van der Waals surface area contributed by atoms with E-state index in [-0.39, 0.29) is 12.6 Å². The van der Waals surface area contributed by atoms with Gasteiger partial charge in [-0.25, -0.2) is 4.79 Å². The number of ether oxygens (including phenoxy) is 2. The van der Waals surface area contributed by atoms with Crippen LogP contribution in [-0.4, -0.2) is 42.7 Å². The van der Waals surface area contributed by atoms with Gasteiger partial charge in [0, 0.05) is 13.3 Å². The summed E-state index contributed by atoms with van der Waals surface area (Å²) in [7, 11) is 1.62. The number of halogens is 2. The lowest BCUT2D eigenvalue weighted by Gasteiger charge is -2.10. The number of urea groups is 1. The van der Waals surface area contributed by atoms with Gasteiger partial charge in [0.05, 0.1) is 36.6 Å². The molecule has 0 bridgehead atoms. The monoisotopic (exact) mass is 372 g/mol. The third kappa shape index (κ3) is 5.59. The van der Waals surface area contributed by atoms with Crippen molar-refractivity contribution in [2.45, 2.75) is 6.54 Å². The van der Waals surface area contributed by atoms with Crippen molar-refractivity contribution >= 4 is 34.9 Å². The predicted octanol–water partition coefficient (Wildman–Crippen LogP) is 3.04. The Morgan fingerprint density at radius 2 is 2.17 bits per heavy atom. The number of anilines is 1. The summed E-state index contributed by atoms with van der Waals surface area (Å²) < 4.78 is 12.1. The largest absolute Gasteiger partial charge is 0.490 e. The minimum absolute atomic E-state index is 0.264. The summed E-state index contributed by atoms with van der Waals surface area (Å²) in [6.07, 6.45) is 3.29. The number of rotatable bonds is 8. The van der Waals surface area contributed by atoms with E-state index in [2.05, 4.69) is 15.7 Å². The summed E-state index contributed by atoms with van der Waals surface area (Å²) in [5, 5.41) is 10.2. The highest BCUT2D eigenvalue weighted by molar-refractivity contribution is 6.42. The Hall–Kier alpha value is -1.96. The molecule has 0 aliphatic heterocycles. The minimum atomic E-state index is -0.345. The molecule has 0 fully saturated rings. The van der Waals surface area contributed by atoms with Gasteiger partial charge in [0.2, 0.25) is 0 Å². The molecule has 2 rings (SSSR count). The van der Waals surface area contributed by atoms with Gasteiger partial charge in [-0.15, -0.1) is 0 Å². The number of hydrogen-bond donors (Lipinski definition) is 2. The molecule has 2 N–H and O–H groups in total. The second kappa shape index (κ2) is 9.36. The zero-order valence-electron chi connectivity index (χ0n) is 13.1. The Morgan fingerprint density at radius 3 is 2.96 bits per heavy atom. The van der Waals surface area contributed by atoms with Crippen LogP contribution in [0.2, 0.25) is 10.0 Å². The highest BCUT2D eigenvalue weighted by Crippen LogP contribution is 2.31. The van der Waals surface area contributed by atoms with Crippen LogP contribution in [0.3, 0.4) is 0 Å². The molecule has 9 heteroatoms. The van der Waals surface area contributed by atoms with Gasteiger partial charge in [0.25, 0.3) is 0 Å². The van der Waals surface area contributed by atoms with Crippen molar-refractivity contribution in [3.05, 3.63) is 40.6 Å². The number of benzene rings is 1. The second-order valence-electron chi connectivity index (χ2n) is 4.77. The van der Waals surface area contributed by atoms with E-state index in [1.165, 1.54) is 0 Å². The molecule has 0 aliphatic rings. The molecule has 7 nitrogen and oxygen atoms in total. The van der Waals surface area contributed by atoms with E-state index in [0.717, 1.165) is 0 Å². The fourth-order valence-corrected chi connectivity index (χ4v) is 2.18. The fraction of sp³-hybridized carbons (Fsp3) is 0.333. The second-order valence-corrected chi connectivity index (χ2v) is 5.55. The summed E-state index contributed by atoms with van der Waals surface area (Å²) in [6, 6.07) is 4.78. The van der Waals surface area contributed by atoms with Crippen LogP contribution in [0.4, 0.5) is 10.5 Å². The van der Waals surface area contributed by atoms with Crippen LogP contribution in [-0.2, 0) is 11.3 Å². The molecule has 1 aromatic heterocycles. The Bertz CT molecular complexity index is 678. The maximum atomic E-state index is 11.8. The molecule has 24 heavy (non-hydrogen) atoms. The number of carbonyl (C=O) groups excluding carboxylic acids is 1. The van der Waals surface area contributed by atoms with Crippen LogP contribution in [0.5, 0.6) is 5.75 Å². The van der Waals surface area contributed by atoms with Crippen molar-refractivity contribution in [3.8, 4) is 5.75 Å². The molecule has 1 heterocycles. The topological polar surface area (TPSA) is 77.4 Å². The first-order valence-corrected chi connectivity index (χ1v) is 7.99. The van der Waals surface area contributed by atoms with Crippen LogP contribution in [0.1, 0.15) is 0 Å². The van der Waals surface area contributed by atoms with Gasteiger partial charge in [0.15, 0.2) is 0 Å². The number of aromatic nitrogens is 2. The molecule has 0 saturated heterocycles. The van der Waals surface area contributed by atoms with Crippen LogP contribution in [0, 0.1) is 0 Å². The lowest BCUT2D eigenvalue weighted by molar-refractivity contribution is 0.183. The number of methoxy groups -OCH3 is 1. The molecule has 0 atom stereocenters. The molecule has 0 aliphatic carbocycles. The number of amides is 2. The summed E-state index contributed by atoms with van der Waals surface area (Å²) in [5.74, 6) is 0.478. The molecule has 2 aromatic rings. The minimum Gasteiger partial charge on any atom is -0.490 e. The van der Waals surface area contributed by atoms with Gasteiger partial charge in [-0.05, 0) is 12.1 Å². The highest BCUT2D eigenvalue weighted by Gasteiger charge is 2.06. The molecule has 0 unspecified atom stereocenters. The van der Waals surface area contributed by atoms with Gasteiger partial charge in [-0.2, -0.15) is 5.10 Å². The smallest absolute Gasteiger partial charge is 0.319 e. The molecular weight excluding hydrogens is 355 g/mol. The van der Waals surface area contributed by atoms with Gasteiger partial charge in [-0.1, -0.05) is 29.3 Å². The van der Waals surface area contributed by atoms with Crippen molar-refractivity contribution in [3.63, 3.8) is 0 Å². The van der Waals surface area contributed by atoms with E-state index in [1.54, 1.807) is 42.4 Å². The average Bonchev–Trinajstić information content (AvgIpc) is 3.00. The number of hydrogen-bond acceptors (Lipinski definition) is 4. The van der Waals surface area contributed by atoms with E-state index in [0.29, 0.717) is 41.2 Å². The Balaban J connectivity index is 1.69. The molecule has 0 saturated carbocycles. The van der Waals surface area contributed by atoms with Crippen molar-refractivity contribution < 1.29 is 14.3 Å². The molecule has 0 radical (unpaired) electrons. The van der Waals surface area contributed by atoms with Gasteiger partial charge in [0.1, 0.15) is 17.4 Å². The molecule has 2 amide bonds. The van der Waals surface area contributed by atoms with Crippen molar-refractivity contribution in [1.82, 2.24) is 15.1 Å². The molecule has 1 aromatic carbocycles. The van der Waals surface area contributed by atoms with Crippen molar-refractivity contribution in [1.29, 1.82) is 0 Å². The van der Waals surface area contributed by atoms with Gasteiger partial charge < -0.3 is 20.1 Å². The normalized spacial score (nSPS) is 10.5. The first kappa shape index (κ1) is 18.4. The van der Waals surface area contributed by atoms with Crippen LogP contribution in [0.25, 0.3) is 0 Å². The molecule has 130 valence electrons. The molecular formula is C15H18Cl2N4O3. The standard InChI is InChI=1S/C15H18Cl2N4O3/c1-23-8-6-21-10-11(9-19-21)20-15(22)18-5-7-24-13-4-2-3-12(16)14(13)17/h2-4,9-10H,5-8H2,1H3,(H2,18,20,22). The van der Waals surface area contributed by atoms with Crippen molar-refractivity contribution in [2.24, 2.45) is 0 Å². The zero-order valence-corrected chi connectivity index (χ0v) is 14.6. The number of carbonyl (C=O) groups is 1. The van der Waals surface area contributed by atoms with E-state index >= 15 is 0 Å². The summed E-state index contributed by atoms with van der Waals surface area (Å²) in [6.45, 7) is 1.75. The fourth-order valence-electron chi connectivity index (χ4n) is 1.83. The Kier molecular flexibility index (Phi) is 7.17. The first-order valence-electron chi connectivity index (χ1n) is 7.23. The first-order chi connectivity index (χ1) is 11.6. The van der Waals surface area contributed by atoms with Gasteiger partial charge >= 0.3 is 6.03 Å². The third-order valence-corrected chi connectivity index (χ3v) is 3.78. The van der Waals surface area contributed by atoms with E-state index < -0.39 is 0 Å². The van der Waals surface area contributed by atoms with Crippen molar-refractivity contribution in [2.75, 3.05) is 32.2 Å².